The molecule has 1 unspecified atom stereocenters. The van der Waals surface area contributed by atoms with E-state index in [1.54, 1.807) is 0 Å². The maximum Gasteiger partial charge on any atom is 0.408 e. The van der Waals surface area contributed by atoms with E-state index in [4.69, 9.17) is 4.74 Å². The Morgan fingerprint density at radius 1 is 1.62 bits per heavy atom. The Hall–Kier alpha value is -0.270. The van der Waals surface area contributed by atoms with E-state index in [1.165, 1.54) is 11.8 Å². The fourth-order valence-corrected chi connectivity index (χ4v) is 3.64. The predicted octanol–water partition coefficient (Wildman–Crippen LogP) is 3.15. The van der Waals surface area contributed by atoms with E-state index >= 15 is 0 Å². The molecule has 0 fully saturated rings. The van der Waals surface area contributed by atoms with E-state index in [1.807, 2.05) is 20.8 Å². The lowest BCUT2D eigenvalue weighted by Gasteiger charge is -2.26. The van der Waals surface area contributed by atoms with Gasteiger partial charge < -0.3 is 15.2 Å². The van der Waals surface area contributed by atoms with Crippen molar-refractivity contribution >= 4 is 38.8 Å². The van der Waals surface area contributed by atoms with Crippen LogP contribution in [-0.2, 0) is 4.74 Å². The zero-order chi connectivity index (χ0) is 16.3. The number of carbonyl (C=O) groups excluding carboxylic acids is 1. The van der Waals surface area contributed by atoms with Gasteiger partial charge in [0.25, 0.3) is 0 Å². The van der Waals surface area contributed by atoms with Crippen LogP contribution in [-0.4, -0.2) is 44.7 Å². The first-order valence-corrected chi connectivity index (χ1v) is 9.21. The first-order valence-electron chi connectivity index (χ1n) is 7.10. The maximum absolute atomic E-state index is 12.0. The second-order valence-electron chi connectivity index (χ2n) is 6.36. The maximum atomic E-state index is 12.0. The Kier molecular flexibility index (Phi) is 6.55. The lowest BCUT2D eigenvalue weighted by molar-refractivity contribution is 0.0505. The van der Waals surface area contributed by atoms with Gasteiger partial charge in [0.1, 0.15) is 5.60 Å². The number of aliphatic hydroxyl groups is 1. The number of aliphatic imine (C=N–C) groups is 1. The van der Waals surface area contributed by atoms with Crippen molar-refractivity contribution in [2.45, 2.75) is 58.4 Å². The normalized spacial score (nSPS) is 25.2. The highest BCUT2D eigenvalue weighted by atomic mass is 79.9. The van der Waals surface area contributed by atoms with Crippen molar-refractivity contribution in [2.75, 3.05) is 11.1 Å². The number of alkyl halides is 1. The van der Waals surface area contributed by atoms with Crippen molar-refractivity contribution in [3.8, 4) is 0 Å². The van der Waals surface area contributed by atoms with Crippen LogP contribution in [0.25, 0.3) is 0 Å². The topological polar surface area (TPSA) is 70.9 Å². The molecule has 0 saturated heterocycles. The number of alkyl carbamates (subject to hydrolysis) is 1. The summed E-state index contributed by atoms with van der Waals surface area (Å²) in [6.45, 7) is 9.60. The van der Waals surface area contributed by atoms with Crippen molar-refractivity contribution in [2.24, 2.45) is 10.9 Å². The number of nitrogens with one attached hydrogen (secondary N) is 1. The molecule has 2 N–H and O–H groups in total. The molecule has 1 aliphatic heterocycles. The van der Waals surface area contributed by atoms with Gasteiger partial charge in [-0.2, -0.15) is 0 Å². The summed E-state index contributed by atoms with van der Waals surface area (Å²) in [4.78, 5) is 16.4. The average molecular weight is 381 g/mol. The van der Waals surface area contributed by atoms with Gasteiger partial charge in [-0.15, -0.1) is 11.8 Å². The third kappa shape index (κ3) is 5.79. The van der Waals surface area contributed by atoms with E-state index in [0.717, 1.165) is 11.5 Å². The van der Waals surface area contributed by atoms with Gasteiger partial charge in [0.2, 0.25) is 0 Å². The molecule has 0 radical (unpaired) electrons. The largest absolute Gasteiger partial charge is 0.444 e. The van der Waals surface area contributed by atoms with Gasteiger partial charge in [0.15, 0.2) is 5.72 Å². The Balaban J connectivity index is 2.83. The summed E-state index contributed by atoms with van der Waals surface area (Å²) < 4.78 is 5.31. The fraction of sp³-hybridized carbons (Fsp3) is 0.857. The predicted molar refractivity (Wildman–Crippen MR) is 91.2 cm³/mol. The number of carbonyl (C=O) groups is 1. The summed E-state index contributed by atoms with van der Waals surface area (Å²) in [5, 5.41) is 14.2. The molecule has 0 saturated carbocycles. The highest BCUT2D eigenvalue weighted by Gasteiger charge is 2.37. The van der Waals surface area contributed by atoms with Crippen LogP contribution < -0.4 is 5.32 Å². The monoisotopic (exact) mass is 380 g/mol. The summed E-state index contributed by atoms with van der Waals surface area (Å²) in [5.74, 6) is 0.706. The minimum Gasteiger partial charge on any atom is -0.444 e. The number of nitrogens with zero attached hydrogens (tertiary/aromatic N) is 1. The molecule has 7 heteroatoms. The van der Waals surface area contributed by atoms with Crippen LogP contribution in [0.5, 0.6) is 0 Å². The number of rotatable bonds is 5. The lowest BCUT2D eigenvalue weighted by Crippen LogP contribution is -2.46. The first kappa shape index (κ1) is 18.8. The van der Waals surface area contributed by atoms with Gasteiger partial charge in [-0.3, -0.25) is 0 Å². The third-order valence-corrected chi connectivity index (χ3v) is 5.28. The quantitative estimate of drug-likeness (QED) is 0.718. The van der Waals surface area contributed by atoms with Gasteiger partial charge >= 0.3 is 6.09 Å². The number of hydrogen-bond donors (Lipinski definition) is 2. The smallest absolute Gasteiger partial charge is 0.408 e. The van der Waals surface area contributed by atoms with E-state index in [2.05, 4.69) is 40.1 Å². The molecular weight excluding hydrogens is 356 g/mol. The molecule has 0 aromatic heterocycles. The number of halogens is 1. The Bertz CT molecular complexity index is 412. The Labute approximate surface area is 139 Å². The highest BCUT2D eigenvalue weighted by molar-refractivity contribution is 9.09. The van der Waals surface area contributed by atoms with Crippen molar-refractivity contribution in [3.63, 3.8) is 0 Å². The van der Waals surface area contributed by atoms with Crippen LogP contribution in [0.15, 0.2) is 4.99 Å². The summed E-state index contributed by atoms with van der Waals surface area (Å²) >= 11 is 4.76. The second-order valence-corrected chi connectivity index (χ2v) is 7.92. The molecular formula is C14H25BrN2O3S. The molecule has 1 amide bonds. The Morgan fingerprint density at radius 2 is 2.24 bits per heavy atom. The molecule has 1 aliphatic rings. The van der Waals surface area contributed by atoms with Crippen molar-refractivity contribution in [1.82, 2.24) is 5.32 Å². The van der Waals surface area contributed by atoms with E-state index < -0.39 is 17.4 Å². The van der Waals surface area contributed by atoms with Crippen LogP contribution in [0.4, 0.5) is 4.79 Å². The van der Waals surface area contributed by atoms with E-state index in [-0.39, 0.29) is 12.0 Å². The summed E-state index contributed by atoms with van der Waals surface area (Å²) in [6.07, 6.45) is 0.442. The molecule has 5 nitrogen and oxygen atoms in total. The standard InChI is InChI=1S/C14H25BrN2O3S/c1-6-9(2)10(16-12(18)20-13(3,4)5)11-17-14(19,7-15)8-21-11/h9-10,19H,6-8H2,1-5H3,(H,16,18)/t9-,10+,14?/m0/s1. The number of hydrogen-bond acceptors (Lipinski definition) is 5. The van der Waals surface area contributed by atoms with Crippen LogP contribution in [0, 0.1) is 5.92 Å². The van der Waals surface area contributed by atoms with Gasteiger partial charge in [-0.25, -0.2) is 9.79 Å². The van der Waals surface area contributed by atoms with Gasteiger partial charge in [-0.05, 0) is 26.7 Å². The van der Waals surface area contributed by atoms with E-state index in [0.29, 0.717) is 11.1 Å². The first-order chi connectivity index (χ1) is 9.60. The highest BCUT2D eigenvalue weighted by Crippen LogP contribution is 2.31. The Morgan fingerprint density at radius 3 is 2.67 bits per heavy atom. The third-order valence-electron chi connectivity index (χ3n) is 3.13. The molecule has 1 rings (SSSR count). The minimum absolute atomic E-state index is 0.210. The molecule has 122 valence electrons. The molecule has 0 aliphatic carbocycles. The molecule has 1 heterocycles. The second kappa shape index (κ2) is 7.33. The van der Waals surface area contributed by atoms with Crippen molar-refractivity contribution in [3.05, 3.63) is 0 Å². The lowest BCUT2D eigenvalue weighted by atomic mass is 10.00. The SMILES string of the molecule is CC[C@H](C)[C@@H](NC(=O)OC(C)(C)C)C1=NC(O)(CBr)CS1. The van der Waals surface area contributed by atoms with E-state index in [9.17, 15) is 9.90 Å². The average Bonchev–Trinajstić information content (AvgIpc) is 2.76. The van der Waals surface area contributed by atoms with Crippen LogP contribution in [0.1, 0.15) is 41.0 Å². The molecule has 3 atom stereocenters. The zero-order valence-corrected chi connectivity index (χ0v) is 15.7. The van der Waals surface area contributed by atoms with Crippen LogP contribution in [0.2, 0.25) is 0 Å². The number of amides is 1. The summed E-state index contributed by atoms with van der Waals surface area (Å²) in [7, 11) is 0. The molecule has 0 spiro atoms. The number of ether oxygens (including phenoxy) is 1. The van der Waals surface area contributed by atoms with Gasteiger partial charge in [-0.1, -0.05) is 36.2 Å². The number of thioether (sulfide) groups is 1. The van der Waals surface area contributed by atoms with Crippen molar-refractivity contribution in [1.29, 1.82) is 0 Å². The van der Waals surface area contributed by atoms with Crippen molar-refractivity contribution < 1.29 is 14.6 Å². The molecule has 0 aromatic carbocycles. The van der Waals surface area contributed by atoms with Gasteiger partial charge in [0, 0.05) is 5.75 Å². The summed E-state index contributed by atoms with van der Waals surface area (Å²) in [6, 6.07) is -0.233. The fourth-order valence-electron chi connectivity index (χ4n) is 1.80. The zero-order valence-electron chi connectivity index (χ0n) is 13.3. The molecule has 0 bridgehead atoms. The molecule has 0 aromatic rings. The van der Waals surface area contributed by atoms with Crippen LogP contribution >= 0.6 is 27.7 Å². The van der Waals surface area contributed by atoms with Crippen LogP contribution in [0.3, 0.4) is 0 Å². The van der Waals surface area contributed by atoms with Gasteiger partial charge in [0.05, 0.1) is 16.4 Å². The summed E-state index contributed by atoms with van der Waals surface area (Å²) in [5.41, 5.74) is -1.62. The molecule has 21 heavy (non-hydrogen) atoms. The minimum atomic E-state index is -1.08.